The monoisotopic (exact) mass is 332 g/mol. The third kappa shape index (κ3) is 2.16. The van der Waals surface area contributed by atoms with Crippen molar-refractivity contribution in [2.45, 2.75) is 6.92 Å². The molecule has 0 aliphatic heterocycles. The average Bonchev–Trinajstić information content (AvgIpc) is 2.86. The van der Waals surface area contributed by atoms with Gasteiger partial charge >= 0.3 is 0 Å². The van der Waals surface area contributed by atoms with E-state index < -0.39 is 5.82 Å². The zero-order valence-electron chi connectivity index (χ0n) is 10.6. The minimum absolute atomic E-state index is 0.209. The van der Waals surface area contributed by atoms with Crippen LogP contribution in [0.2, 0.25) is 0 Å². The van der Waals surface area contributed by atoms with E-state index >= 15 is 0 Å². The van der Waals surface area contributed by atoms with Crippen molar-refractivity contribution in [2.75, 3.05) is 0 Å². The number of aryl methyl sites for hydroxylation is 1. The fourth-order valence-electron chi connectivity index (χ4n) is 2.11. The van der Waals surface area contributed by atoms with Crippen LogP contribution in [0.1, 0.15) is 21.7 Å². The van der Waals surface area contributed by atoms with Gasteiger partial charge in [0.1, 0.15) is 11.4 Å². The zero-order valence-corrected chi connectivity index (χ0v) is 12.2. The van der Waals surface area contributed by atoms with Crippen molar-refractivity contribution in [3.8, 4) is 0 Å². The van der Waals surface area contributed by atoms with Crippen LogP contribution in [0.25, 0.3) is 11.0 Å². The number of halogens is 2. The van der Waals surface area contributed by atoms with Crippen LogP contribution in [0.5, 0.6) is 0 Å². The molecule has 0 saturated heterocycles. The Balaban J connectivity index is 2.13. The number of hydrogen-bond acceptors (Lipinski definition) is 2. The smallest absolute Gasteiger partial charge is 0.228 e. The van der Waals surface area contributed by atoms with Crippen LogP contribution in [-0.2, 0) is 0 Å². The molecule has 0 bridgehead atoms. The van der Waals surface area contributed by atoms with Crippen molar-refractivity contribution in [1.29, 1.82) is 0 Å². The summed E-state index contributed by atoms with van der Waals surface area (Å²) in [5, 5.41) is 0.830. The summed E-state index contributed by atoms with van der Waals surface area (Å²) >= 11 is 3.38. The maximum Gasteiger partial charge on any atom is 0.228 e. The largest absolute Gasteiger partial charge is 0.451 e. The summed E-state index contributed by atoms with van der Waals surface area (Å²) in [5.41, 5.74) is 1.65. The summed E-state index contributed by atoms with van der Waals surface area (Å²) in [6.45, 7) is 1.77. The van der Waals surface area contributed by atoms with Crippen molar-refractivity contribution in [2.24, 2.45) is 0 Å². The van der Waals surface area contributed by atoms with Crippen molar-refractivity contribution >= 4 is 32.7 Å². The van der Waals surface area contributed by atoms with Gasteiger partial charge in [0.25, 0.3) is 0 Å². The highest BCUT2D eigenvalue weighted by Crippen LogP contribution is 2.28. The number of rotatable bonds is 2. The number of benzene rings is 2. The molecule has 0 radical (unpaired) electrons. The van der Waals surface area contributed by atoms with Gasteiger partial charge in [0, 0.05) is 10.9 Å². The van der Waals surface area contributed by atoms with Gasteiger partial charge in [-0.3, -0.25) is 4.79 Å². The minimum atomic E-state index is -0.434. The Morgan fingerprint density at radius 2 is 2.00 bits per heavy atom. The lowest BCUT2D eigenvalue weighted by Crippen LogP contribution is -2.02. The summed E-state index contributed by atoms with van der Waals surface area (Å²) < 4.78 is 19.7. The number of furan rings is 1. The minimum Gasteiger partial charge on any atom is -0.451 e. The van der Waals surface area contributed by atoms with Crippen molar-refractivity contribution in [3.63, 3.8) is 0 Å². The maximum atomic E-state index is 13.3. The Bertz CT molecular complexity index is 820. The Morgan fingerprint density at radius 3 is 2.75 bits per heavy atom. The molecule has 3 aromatic rings. The van der Waals surface area contributed by atoms with E-state index in [4.69, 9.17) is 4.42 Å². The lowest BCUT2D eigenvalue weighted by molar-refractivity contribution is 0.101. The van der Waals surface area contributed by atoms with Gasteiger partial charge in [-0.25, -0.2) is 4.39 Å². The second kappa shape index (κ2) is 4.87. The Hall–Kier alpha value is -1.94. The molecule has 0 aliphatic rings. The van der Waals surface area contributed by atoms with Crippen LogP contribution >= 0.6 is 15.9 Å². The molecule has 3 rings (SSSR count). The van der Waals surface area contributed by atoms with Crippen molar-refractivity contribution < 1.29 is 13.6 Å². The second-order valence-electron chi connectivity index (χ2n) is 4.56. The predicted molar refractivity (Wildman–Crippen MR) is 78.5 cm³/mol. The molecule has 0 unspecified atom stereocenters. The molecule has 0 spiro atoms. The van der Waals surface area contributed by atoms with Gasteiger partial charge in [-0.1, -0.05) is 18.2 Å². The van der Waals surface area contributed by atoms with Crippen LogP contribution in [0.15, 0.2) is 51.4 Å². The van der Waals surface area contributed by atoms with Crippen LogP contribution in [0.4, 0.5) is 4.39 Å². The first kappa shape index (κ1) is 13.1. The molecule has 0 fully saturated rings. The van der Waals surface area contributed by atoms with E-state index in [-0.39, 0.29) is 11.5 Å². The summed E-state index contributed by atoms with van der Waals surface area (Å²) in [7, 11) is 0. The lowest BCUT2D eigenvalue weighted by Gasteiger charge is -2.02. The Labute approximate surface area is 123 Å². The van der Waals surface area contributed by atoms with Crippen LogP contribution in [0.3, 0.4) is 0 Å². The molecule has 100 valence electrons. The standard InChI is InChI=1S/C16H10BrFO2/c1-9-5-6-11(18)8-12(9)15(19)14-7-10-3-2-4-13(17)16(10)20-14/h2-8H,1H3. The van der Waals surface area contributed by atoms with Crippen molar-refractivity contribution in [3.05, 3.63) is 69.6 Å². The van der Waals surface area contributed by atoms with Gasteiger partial charge in [0.2, 0.25) is 5.78 Å². The molecule has 0 N–H and O–H groups in total. The number of carbonyl (C=O) groups is 1. The molecule has 2 nitrogen and oxygen atoms in total. The van der Waals surface area contributed by atoms with Crippen LogP contribution in [-0.4, -0.2) is 5.78 Å². The van der Waals surface area contributed by atoms with E-state index in [0.717, 1.165) is 15.4 Å². The molecule has 1 aromatic heterocycles. The van der Waals surface area contributed by atoms with Gasteiger partial charge in [0.15, 0.2) is 5.76 Å². The fourth-order valence-corrected chi connectivity index (χ4v) is 2.57. The third-order valence-corrected chi connectivity index (χ3v) is 3.79. The SMILES string of the molecule is Cc1ccc(F)cc1C(=O)c1cc2cccc(Br)c2o1. The quantitative estimate of drug-likeness (QED) is 0.626. The van der Waals surface area contributed by atoms with Gasteiger partial charge < -0.3 is 4.42 Å². The predicted octanol–water partition coefficient (Wildman–Crippen LogP) is 4.87. The van der Waals surface area contributed by atoms with Crippen LogP contribution < -0.4 is 0 Å². The van der Waals surface area contributed by atoms with Gasteiger partial charge in [-0.15, -0.1) is 0 Å². The van der Waals surface area contributed by atoms with E-state index in [1.807, 2.05) is 18.2 Å². The number of carbonyl (C=O) groups excluding carboxylic acids is 1. The molecular weight excluding hydrogens is 323 g/mol. The first-order valence-electron chi connectivity index (χ1n) is 6.05. The molecule has 2 aromatic carbocycles. The van der Waals surface area contributed by atoms with E-state index in [0.29, 0.717) is 11.1 Å². The zero-order chi connectivity index (χ0) is 14.3. The fraction of sp³-hybridized carbons (Fsp3) is 0.0625. The molecule has 1 heterocycles. The summed E-state index contributed by atoms with van der Waals surface area (Å²) in [6.07, 6.45) is 0. The molecule has 0 amide bonds. The topological polar surface area (TPSA) is 30.2 Å². The highest BCUT2D eigenvalue weighted by molar-refractivity contribution is 9.10. The molecule has 0 aliphatic carbocycles. The normalized spacial score (nSPS) is 10.9. The molecule has 4 heteroatoms. The Morgan fingerprint density at radius 1 is 1.20 bits per heavy atom. The highest BCUT2D eigenvalue weighted by atomic mass is 79.9. The van der Waals surface area contributed by atoms with E-state index in [1.165, 1.54) is 12.1 Å². The van der Waals surface area contributed by atoms with E-state index in [2.05, 4.69) is 15.9 Å². The first-order valence-corrected chi connectivity index (χ1v) is 6.84. The van der Waals surface area contributed by atoms with Gasteiger partial charge in [0.05, 0.1) is 4.47 Å². The first-order chi connectivity index (χ1) is 9.56. The number of ketones is 1. The Kier molecular flexibility index (Phi) is 3.18. The number of para-hydroxylation sites is 1. The van der Waals surface area contributed by atoms with E-state index in [1.54, 1.807) is 19.1 Å². The lowest BCUT2D eigenvalue weighted by atomic mass is 10.0. The molecule has 20 heavy (non-hydrogen) atoms. The molecule has 0 saturated carbocycles. The summed E-state index contributed by atoms with van der Waals surface area (Å²) in [6, 6.07) is 11.4. The van der Waals surface area contributed by atoms with E-state index in [9.17, 15) is 9.18 Å². The molecular formula is C16H10BrFO2. The number of hydrogen-bond donors (Lipinski definition) is 0. The van der Waals surface area contributed by atoms with Gasteiger partial charge in [-0.05, 0) is 52.7 Å². The van der Waals surface area contributed by atoms with Gasteiger partial charge in [-0.2, -0.15) is 0 Å². The third-order valence-electron chi connectivity index (χ3n) is 3.16. The summed E-state index contributed by atoms with van der Waals surface area (Å²) in [5.74, 6) is -0.540. The highest BCUT2D eigenvalue weighted by Gasteiger charge is 2.18. The second-order valence-corrected chi connectivity index (χ2v) is 5.41. The van der Waals surface area contributed by atoms with Crippen molar-refractivity contribution in [1.82, 2.24) is 0 Å². The summed E-state index contributed by atoms with van der Waals surface area (Å²) in [4.78, 5) is 12.4. The average molecular weight is 333 g/mol. The van der Waals surface area contributed by atoms with Crippen LogP contribution in [0, 0.1) is 12.7 Å². The number of fused-ring (bicyclic) bond motifs is 1. The molecule has 0 atom stereocenters. The maximum absolute atomic E-state index is 13.3.